The smallest absolute Gasteiger partial charge is 0.237 e. The van der Waals surface area contributed by atoms with Crippen molar-refractivity contribution in [2.45, 2.75) is 25.1 Å². The van der Waals surface area contributed by atoms with Gasteiger partial charge in [-0.05, 0) is 38.2 Å². The Kier molecular flexibility index (Phi) is 11.0. The van der Waals surface area contributed by atoms with Crippen LogP contribution in [0.3, 0.4) is 0 Å². The maximum Gasteiger partial charge on any atom is 0.237 e. The summed E-state index contributed by atoms with van der Waals surface area (Å²) >= 11 is 0. The number of amides is 1. The van der Waals surface area contributed by atoms with Gasteiger partial charge in [0.05, 0.1) is 12.1 Å². The zero-order valence-electron chi connectivity index (χ0n) is 14.0. The highest BCUT2D eigenvalue weighted by atomic mass is 35.5. The lowest BCUT2D eigenvalue weighted by Gasteiger charge is -2.13. The van der Waals surface area contributed by atoms with E-state index in [0.717, 1.165) is 17.9 Å². The van der Waals surface area contributed by atoms with Crippen molar-refractivity contribution < 1.29 is 14.6 Å². The molecule has 1 aromatic carbocycles. The molecule has 1 amide bonds. The summed E-state index contributed by atoms with van der Waals surface area (Å²) in [4.78, 5) is 14.0. The van der Waals surface area contributed by atoms with Gasteiger partial charge in [0.25, 0.3) is 0 Å². The van der Waals surface area contributed by atoms with Gasteiger partial charge in [-0.15, -0.1) is 24.8 Å². The highest BCUT2D eigenvalue weighted by Crippen LogP contribution is 2.13. The molecule has 24 heavy (non-hydrogen) atoms. The van der Waals surface area contributed by atoms with Crippen LogP contribution in [-0.2, 0) is 11.3 Å². The molecule has 1 aromatic rings. The highest BCUT2D eigenvalue weighted by Gasteiger charge is 2.27. The van der Waals surface area contributed by atoms with Gasteiger partial charge < -0.3 is 25.4 Å². The number of hydrogen-bond donors (Lipinski definition) is 3. The summed E-state index contributed by atoms with van der Waals surface area (Å²) in [5.74, 6) is 0.735. The van der Waals surface area contributed by atoms with Gasteiger partial charge in [0, 0.05) is 19.6 Å². The number of nitrogens with one attached hydrogen (secondary N) is 2. The quantitative estimate of drug-likeness (QED) is 0.653. The summed E-state index contributed by atoms with van der Waals surface area (Å²) in [5, 5.41) is 15.3. The van der Waals surface area contributed by atoms with Crippen LogP contribution in [-0.4, -0.2) is 61.9 Å². The van der Waals surface area contributed by atoms with E-state index >= 15 is 0 Å². The van der Waals surface area contributed by atoms with E-state index in [1.54, 1.807) is 0 Å². The first-order valence-corrected chi connectivity index (χ1v) is 7.60. The Hall–Kier alpha value is -1.05. The predicted molar refractivity (Wildman–Crippen MR) is 99.2 cm³/mol. The molecule has 1 saturated heterocycles. The Morgan fingerprint density at radius 1 is 1.42 bits per heavy atom. The molecule has 2 atom stereocenters. The van der Waals surface area contributed by atoms with Gasteiger partial charge in [0.15, 0.2) is 0 Å². The average molecular weight is 380 g/mol. The van der Waals surface area contributed by atoms with Gasteiger partial charge >= 0.3 is 0 Å². The number of halogens is 2. The van der Waals surface area contributed by atoms with Gasteiger partial charge in [-0.3, -0.25) is 4.79 Å². The van der Waals surface area contributed by atoms with Gasteiger partial charge in [0.1, 0.15) is 12.4 Å². The lowest BCUT2D eigenvalue weighted by atomic mass is 10.1. The minimum absolute atomic E-state index is 0. The minimum Gasteiger partial charge on any atom is -0.492 e. The minimum atomic E-state index is -0.427. The fraction of sp³-hybridized carbons (Fsp3) is 0.562. The van der Waals surface area contributed by atoms with E-state index in [-0.39, 0.29) is 36.8 Å². The maximum absolute atomic E-state index is 12.0. The second-order valence-electron chi connectivity index (χ2n) is 5.87. The van der Waals surface area contributed by atoms with E-state index in [1.807, 2.05) is 38.4 Å². The largest absolute Gasteiger partial charge is 0.492 e. The number of rotatable bonds is 7. The van der Waals surface area contributed by atoms with Gasteiger partial charge in [-0.25, -0.2) is 0 Å². The zero-order chi connectivity index (χ0) is 15.9. The molecule has 1 aliphatic rings. The molecule has 6 nitrogen and oxygen atoms in total. The Bertz CT molecular complexity index is 503. The number of benzene rings is 1. The molecular weight excluding hydrogens is 353 g/mol. The summed E-state index contributed by atoms with van der Waals surface area (Å²) in [5.41, 5.74) is 0.995. The molecule has 0 spiro atoms. The van der Waals surface area contributed by atoms with Gasteiger partial charge in [0.2, 0.25) is 5.91 Å². The second kappa shape index (κ2) is 11.5. The third-order valence-electron chi connectivity index (χ3n) is 3.60. The molecule has 8 heteroatoms. The second-order valence-corrected chi connectivity index (χ2v) is 5.87. The van der Waals surface area contributed by atoms with Crippen molar-refractivity contribution in [3.63, 3.8) is 0 Å². The molecule has 0 bridgehead atoms. The Labute approximate surface area is 155 Å². The third kappa shape index (κ3) is 7.68. The van der Waals surface area contributed by atoms with Crippen molar-refractivity contribution in [3.8, 4) is 5.75 Å². The summed E-state index contributed by atoms with van der Waals surface area (Å²) in [6.45, 7) is 2.43. The first-order chi connectivity index (χ1) is 10.5. The van der Waals surface area contributed by atoms with Crippen LogP contribution >= 0.6 is 24.8 Å². The molecule has 0 radical (unpaired) electrons. The predicted octanol–water partition coefficient (Wildman–Crippen LogP) is 0.810. The monoisotopic (exact) mass is 379 g/mol. The average Bonchev–Trinajstić information content (AvgIpc) is 2.91. The van der Waals surface area contributed by atoms with E-state index < -0.39 is 6.10 Å². The topological polar surface area (TPSA) is 73.8 Å². The van der Waals surface area contributed by atoms with E-state index in [2.05, 4.69) is 15.5 Å². The number of aliphatic hydroxyl groups excluding tert-OH is 1. The Morgan fingerprint density at radius 2 is 2.17 bits per heavy atom. The third-order valence-corrected chi connectivity index (χ3v) is 3.60. The zero-order valence-corrected chi connectivity index (χ0v) is 15.7. The van der Waals surface area contributed by atoms with Crippen molar-refractivity contribution in [1.29, 1.82) is 0 Å². The standard InChI is InChI=1S/C16H25N3O3.2ClH/c1-19(2)6-7-22-14-5-3-4-12(8-14)10-18-16(21)15-9-13(20)11-17-15;;/h3-5,8,13,15,17,20H,6-7,9-11H2,1-2H3,(H,18,21);2*1H. The number of carbonyl (C=O) groups excluding carboxylic acids is 1. The Morgan fingerprint density at radius 3 is 2.79 bits per heavy atom. The molecule has 2 unspecified atom stereocenters. The van der Waals surface area contributed by atoms with Crippen LogP contribution in [0.1, 0.15) is 12.0 Å². The molecule has 1 fully saturated rings. The SMILES string of the molecule is CN(C)CCOc1cccc(CNC(=O)C2CC(O)CN2)c1.Cl.Cl. The Balaban J connectivity index is 0.00000264. The number of ether oxygens (including phenoxy) is 1. The van der Waals surface area contributed by atoms with Crippen LogP contribution in [0.4, 0.5) is 0 Å². The van der Waals surface area contributed by atoms with Crippen LogP contribution in [0.2, 0.25) is 0 Å². The number of carbonyl (C=O) groups is 1. The normalized spacial score (nSPS) is 19.3. The van der Waals surface area contributed by atoms with Crippen molar-refractivity contribution in [1.82, 2.24) is 15.5 Å². The van der Waals surface area contributed by atoms with Crippen molar-refractivity contribution in [2.75, 3.05) is 33.8 Å². The van der Waals surface area contributed by atoms with Crippen molar-refractivity contribution in [2.24, 2.45) is 0 Å². The number of nitrogens with zero attached hydrogens (tertiary/aromatic N) is 1. The van der Waals surface area contributed by atoms with Crippen LogP contribution in [0.5, 0.6) is 5.75 Å². The first-order valence-electron chi connectivity index (χ1n) is 7.60. The number of likely N-dealkylation sites (N-methyl/N-ethyl adjacent to an activating group) is 1. The van der Waals surface area contributed by atoms with Crippen molar-refractivity contribution in [3.05, 3.63) is 29.8 Å². The fourth-order valence-corrected chi connectivity index (χ4v) is 2.32. The highest BCUT2D eigenvalue weighted by molar-refractivity contribution is 5.85. The van der Waals surface area contributed by atoms with E-state index in [9.17, 15) is 9.90 Å². The molecule has 0 aliphatic carbocycles. The molecule has 0 saturated carbocycles. The van der Waals surface area contributed by atoms with E-state index in [1.165, 1.54) is 0 Å². The fourth-order valence-electron chi connectivity index (χ4n) is 2.32. The lowest BCUT2D eigenvalue weighted by Crippen LogP contribution is -2.40. The number of hydrogen-bond acceptors (Lipinski definition) is 5. The summed E-state index contributed by atoms with van der Waals surface area (Å²) in [6, 6.07) is 7.43. The number of β-amino-alcohol motifs (C(OH)–C–C–N with tert-alkyl or cyclic N) is 1. The molecule has 138 valence electrons. The van der Waals surface area contributed by atoms with Crippen LogP contribution in [0.15, 0.2) is 24.3 Å². The van der Waals surface area contributed by atoms with E-state index in [0.29, 0.717) is 26.1 Å². The lowest BCUT2D eigenvalue weighted by molar-refractivity contribution is -0.123. The van der Waals surface area contributed by atoms with Crippen molar-refractivity contribution >= 4 is 30.7 Å². The first kappa shape index (κ1) is 22.9. The van der Waals surface area contributed by atoms with Gasteiger partial charge in [-0.1, -0.05) is 12.1 Å². The molecule has 2 rings (SSSR count). The molecule has 1 heterocycles. The summed E-state index contributed by atoms with van der Waals surface area (Å²) < 4.78 is 5.68. The molecular formula is C16H27Cl2N3O3. The molecule has 0 aromatic heterocycles. The van der Waals surface area contributed by atoms with Crippen LogP contribution < -0.4 is 15.4 Å². The molecule has 3 N–H and O–H groups in total. The van der Waals surface area contributed by atoms with E-state index in [4.69, 9.17) is 4.74 Å². The summed E-state index contributed by atoms with van der Waals surface area (Å²) in [7, 11) is 4.01. The molecule has 1 aliphatic heterocycles. The maximum atomic E-state index is 12.0. The van der Waals surface area contributed by atoms with Gasteiger partial charge in [-0.2, -0.15) is 0 Å². The van der Waals surface area contributed by atoms with Crippen LogP contribution in [0.25, 0.3) is 0 Å². The summed E-state index contributed by atoms with van der Waals surface area (Å²) in [6.07, 6.45) is 0.0451. The number of aliphatic hydroxyl groups is 1. The van der Waals surface area contributed by atoms with Crippen LogP contribution in [0, 0.1) is 0 Å².